The van der Waals surface area contributed by atoms with Crippen LogP contribution in [0.5, 0.6) is 5.75 Å². The van der Waals surface area contributed by atoms with Crippen molar-refractivity contribution in [3.63, 3.8) is 0 Å². The number of carbonyl (C=O) groups is 1. The Kier molecular flexibility index (Phi) is 3.68. The van der Waals surface area contributed by atoms with E-state index in [2.05, 4.69) is 0 Å². The van der Waals surface area contributed by atoms with E-state index in [1.807, 2.05) is 38.1 Å². The highest BCUT2D eigenvalue weighted by molar-refractivity contribution is 5.96. The maximum atomic E-state index is 12.5. The van der Waals surface area contributed by atoms with Crippen molar-refractivity contribution in [3.05, 3.63) is 74.6 Å². The number of aryl methyl sites for hydroxylation is 3. The molecule has 4 heteroatoms. The van der Waals surface area contributed by atoms with Gasteiger partial charge in [-0.25, -0.2) is 9.59 Å². The maximum absolute atomic E-state index is 12.5. The molecule has 126 valence electrons. The Hall–Kier alpha value is -2.88. The number of rotatable bonds is 2. The van der Waals surface area contributed by atoms with Crippen LogP contribution in [0.15, 0.2) is 45.6 Å². The van der Waals surface area contributed by atoms with E-state index in [1.165, 1.54) is 0 Å². The Balaban J connectivity index is 1.84. The Morgan fingerprint density at radius 1 is 1.00 bits per heavy atom. The Morgan fingerprint density at radius 2 is 1.72 bits per heavy atom. The zero-order valence-electron chi connectivity index (χ0n) is 14.2. The third-order valence-corrected chi connectivity index (χ3v) is 4.67. The van der Waals surface area contributed by atoms with E-state index < -0.39 is 5.97 Å². The summed E-state index contributed by atoms with van der Waals surface area (Å²) in [7, 11) is 0. The topological polar surface area (TPSA) is 56.5 Å². The molecular weight excluding hydrogens is 316 g/mol. The first kappa shape index (κ1) is 15.6. The molecule has 1 heterocycles. The smallest absolute Gasteiger partial charge is 0.343 e. The van der Waals surface area contributed by atoms with Crippen molar-refractivity contribution in [2.75, 3.05) is 0 Å². The standard InChI is InChI=1S/C21H18O4/c1-12-6-8-14(9-7-12)20(22)24-17-10-13(2)11-18-19(17)15-4-3-5-16(15)21(23)25-18/h6-11H,3-5H2,1-2H3. The first-order valence-electron chi connectivity index (χ1n) is 8.41. The van der Waals surface area contributed by atoms with Gasteiger partial charge in [0.1, 0.15) is 11.3 Å². The van der Waals surface area contributed by atoms with Gasteiger partial charge in [-0.15, -0.1) is 0 Å². The summed E-state index contributed by atoms with van der Waals surface area (Å²) in [6, 6.07) is 10.9. The normalized spacial score (nSPS) is 13.0. The Labute approximate surface area is 145 Å². The van der Waals surface area contributed by atoms with E-state index in [0.29, 0.717) is 28.9 Å². The molecule has 0 bridgehead atoms. The summed E-state index contributed by atoms with van der Waals surface area (Å²) >= 11 is 0. The molecule has 0 atom stereocenters. The molecule has 0 amide bonds. The molecule has 2 aromatic carbocycles. The molecule has 0 saturated carbocycles. The second-order valence-corrected chi connectivity index (χ2v) is 6.59. The molecule has 1 aromatic heterocycles. The van der Waals surface area contributed by atoms with Gasteiger partial charge in [-0.2, -0.15) is 0 Å². The number of carbonyl (C=O) groups excluding carboxylic acids is 1. The zero-order chi connectivity index (χ0) is 17.6. The van der Waals surface area contributed by atoms with E-state index in [9.17, 15) is 9.59 Å². The molecule has 0 fully saturated rings. The van der Waals surface area contributed by atoms with Gasteiger partial charge in [0.25, 0.3) is 0 Å². The molecule has 25 heavy (non-hydrogen) atoms. The average Bonchev–Trinajstić information content (AvgIpc) is 3.05. The summed E-state index contributed by atoms with van der Waals surface area (Å²) in [4.78, 5) is 24.7. The molecule has 0 radical (unpaired) electrons. The lowest BCUT2D eigenvalue weighted by atomic mass is 10.0. The highest BCUT2D eigenvalue weighted by Gasteiger charge is 2.23. The molecule has 0 spiro atoms. The quantitative estimate of drug-likeness (QED) is 0.402. The van der Waals surface area contributed by atoms with Gasteiger partial charge in [-0.1, -0.05) is 17.7 Å². The van der Waals surface area contributed by atoms with Crippen molar-refractivity contribution in [3.8, 4) is 5.75 Å². The third-order valence-electron chi connectivity index (χ3n) is 4.67. The van der Waals surface area contributed by atoms with Gasteiger partial charge in [0.05, 0.1) is 10.9 Å². The Morgan fingerprint density at radius 3 is 2.48 bits per heavy atom. The number of ether oxygens (including phenoxy) is 1. The molecule has 0 unspecified atom stereocenters. The molecule has 0 aliphatic heterocycles. The molecule has 3 aromatic rings. The lowest BCUT2D eigenvalue weighted by Crippen LogP contribution is -2.11. The number of benzene rings is 2. The minimum absolute atomic E-state index is 0.276. The van der Waals surface area contributed by atoms with Crippen molar-refractivity contribution in [2.24, 2.45) is 0 Å². The molecule has 4 rings (SSSR count). The number of esters is 1. The molecule has 1 aliphatic carbocycles. The lowest BCUT2D eigenvalue weighted by Gasteiger charge is -2.12. The molecule has 0 N–H and O–H groups in total. The Bertz CT molecular complexity index is 1040. The largest absolute Gasteiger partial charge is 0.422 e. The van der Waals surface area contributed by atoms with E-state index in [0.717, 1.165) is 34.9 Å². The third kappa shape index (κ3) is 2.74. The van der Waals surface area contributed by atoms with Crippen LogP contribution < -0.4 is 10.4 Å². The summed E-state index contributed by atoms with van der Waals surface area (Å²) in [5.41, 5.74) is 4.33. The molecule has 4 nitrogen and oxygen atoms in total. The van der Waals surface area contributed by atoms with Crippen molar-refractivity contribution in [2.45, 2.75) is 33.1 Å². The number of hydrogen-bond donors (Lipinski definition) is 0. The van der Waals surface area contributed by atoms with Crippen molar-refractivity contribution in [1.29, 1.82) is 0 Å². The van der Waals surface area contributed by atoms with E-state index >= 15 is 0 Å². The van der Waals surface area contributed by atoms with Gasteiger partial charge in [-0.05, 0) is 68.5 Å². The predicted molar refractivity (Wildman–Crippen MR) is 95.4 cm³/mol. The minimum Gasteiger partial charge on any atom is -0.422 e. The van der Waals surface area contributed by atoms with Gasteiger partial charge in [-0.3, -0.25) is 0 Å². The van der Waals surface area contributed by atoms with Gasteiger partial charge >= 0.3 is 11.6 Å². The first-order valence-corrected chi connectivity index (χ1v) is 8.41. The second-order valence-electron chi connectivity index (χ2n) is 6.59. The van der Waals surface area contributed by atoms with Gasteiger partial charge < -0.3 is 9.15 Å². The van der Waals surface area contributed by atoms with Crippen LogP contribution in [0.2, 0.25) is 0 Å². The minimum atomic E-state index is -0.412. The van der Waals surface area contributed by atoms with Gasteiger partial charge in [0, 0.05) is 5.56 Å². The fourth-order valence-electron chi connectivity index (χ4n) is 3.43. The van der Waals surface area contributed by atoms with E-state index in [4.69, 9.17) is 9.15 Å². The first-order chi connectivity index (χ1) is 12.0. The van der Waals surface area contributed by atoms with Crippen LogP contribution in [0.4, 0.5) is 0 Å². The van der Waals surface area contributed by atoms with Crippen LogP contribution in [-0.2, 0) is 12.8 Å². The molecule has 1 aliphatic rings. The monoisotopic (exact) mass is 334 g/mol. The van der Waals surface area contributed by atoms with Crippen LogP contribution >= 0.6 is 0 Å². The van der Waals surface area contributed by atoms with E-state index in [1.54, 1.807) is 12.1 Å². The second kappa shape index (κ2) is 5.88. The molecule has 0 saturated heterocycles. The summed E-state index contributed by atoms with van der Waals surface area (Å²) in [6.07, 6.45) is 2.43. The van der Waals surface area contributed by atoms with Gasteiger partial charge in [0.15, 0.2) is 0 Å². The molecular formula is C21H18O4. The SMILES string of the molecule is Cc1ccc(C(=O)Oc2cc(C)cc3oc(=O)c4c(c23)CCC4)cc1. The van der Waals surface area contributed by atoms with Crippen molar-refractivity contribution >= 4 is 16.9 Å². The van der Waals surface area contributed by atoms with Gasteiger partial charge in [0.2, 0.25) is 0 Å². The van der Waals surface area contributed by atoms with Crippen LogP contribution in [0.1, 0.15) is 39.0 Å². The van der Waals surface area contributed by atoms with Crippen molar-refractivity contribution in [1.82, 2.24) is 0 Å². The summed E-state index contributed by atoms with van der Waals surface area (Å²) in [6.45, 7) is 3.85. The summed E-state index contributed by atoms with van der Waals surface area (Å²) in [5.74, 6) is 0.0484. The highest BCUT2D eigenvalue weighted by Crippen LogP contribution is 2.35. The average molecular weight is 334 g/mol. The maximum Gasteiger partial charge on any atom is 0.343 e. The van der Waals surface area contributed by atoms with Crippen LogP contribution in [0.3, 0.4) is 0 Å². The van der Waals surface area contributed by atoms with Crippen LogP contribution in [-0.4, -0.2) is 5.97 Å². The highest BCUT2D eigenvalue weighted by atomic mass is 16.5. The summed E-state index contributed by atoms with van der Waals surface area (Å²) < 4.78 is 11.2. The van der Waals surface area contributed by atoms with Crippen molar-refractivity contribution < 1.29 is 13.9 Å². The number of hydrogen-bond acceptors (Lipinski definition) is 4. The zero-order valence-corrected chi connectivity index (χ0v) is 14.2. The van der Waals surface area contributed by atoms with Crippen LogP contribution in [0, 0.1) is 13.8 Å². The fourth-order valence-corrected chi connectivity index (χ4v) is 3.43. The predicted octanol–water partition coefficient (Wildman–Crippen LogP) is 4.12. The number of fused-ring (bicyclic) bond motifs is 3. The lowest BCUT2D eigenvalue weighted by molar-refractivity contribution is 0.0737. The fraction of sp³-hybridized carbons (Fsp3) is 0.238. The van der Waals surface area contributed by atoms with Crippen LogP contribution in [0.25, 0.3) is 11.0 Å². The summed E-state index contributed by atoms with van der Waals surface area (Å²) in [5, 5.41) is 0.748. The van der Waals surface area contributed by atoms with E-state index in [-0.39, 0.29) is 5.63 Å².